The summed E-state index contributed by atoms with van der Waals surface area (Å²) in [6, 6.07) is 5.93. The van der Waals surface area contributed by atoms with Gasteiger partial charge in [0.2, 0.25) is 0 Å². The van der Waals surface area contributed by atoms with Crippen molar-refractivity contribution in [3.05, 3.63) is 24.0 Å². The Labute approximate surface area is 120 Å². The summed E-state index contributed by atoms with van der Waals surface area (Å²) < 4.78 is 2.31. The summed E-state index contributed by atoms with van der Waals surface area (Å²) in [6.45, 7) is 5.52. The van der Waals surface area contributed by atoms with Gasteiger partial charge in [-0.05, 0) is 37.0 Å². The van der Waals surface area contributed by atoms with E-state index in [0.29, 0.717) is 5.92 Å². The third-order valence-electron chi connectivity index (χ3n) is 3.88. The number of aliphatic hydroxyl groups excluding tert-OH is 1. The quantitative estimate of drug-likeness (QED) is 0.764. The van der Waals surface area contributed by atoms with Gasteiger partial charge in [-0.3, -0.25) is 0 Å². The van der Waals surface area contributed by atoms with Gasteiger partial charge in [0.15, 0.2) is 0 Å². The van der Waals surface area contributed by atoms with Crippen LogP contribution in [0, 0.1) is 5.92 Å². The summed E-state index contributed by atoms with van der Waals surface area (Å²) in [6.07, 6.45) is 3.97. The summed E-state index contributed by atoms with van der Waals surface area (Å²) in [5.41, 5.74) is 8.74. The van der Waals surface area contributed by atoms with E-state index in [4.69, 9.17) is 10.7 Å². The van der Waals surface area contributed by atoms with Crippen LogP contribution in [0.15, 0.2) is 18.2 Å². The molecular weight excluding hydrogens is 250 g/mol. The van der Waals surface area contributed by atoms with Gasteiger partial charge in [-0.2, -0.15) is 0 Å². The third kappa shape index (κ3) is 3.12. The number of nitrogen functional groups attached to an aromatic ring is 1. The van der Waals surface area contributed by atoms with Crippen molar-refractivity contribution in [2.45, 2.75) is 46.1 Å². The molecule has 0 saturated heterocycles. The summed E-state index contributed by atoms with van der Waals surface area (Å²) in [5.74, 6) is 1.62. The third-order valence-corrected chi connectivity index (χ3v) is 3.88. The molecule has 0 aliphatic rings. The number of aliphatic hydroxyl groups is 1. The van der Waals surface area contributed by atoms with Crippen LogP contribution in [0.3, 0.4) is 0 Å². The minimum atomic E-state index is 0.251. The summed E-state index contributed by atoms with van der Waals surface area (Å²) in [5, 5.41) is 9.18. The largest absolute Gasteiger partial charge is 0.399 e. The van der Waals surface area contributed by atoms with Crippen LogP contribution in [0.25, 0.3) is 11.0 Å². The number of anilines is 1. The maximum atomic E-state index is 9.18. The fraction of sp³-hybridized carbons (Fsp3) is 0.562. The van der Waals surface area contributed by atoms with Crippen LogP contribution in [0.1, 0.15) is 38.9 Å². The molecule has 20 heavy (non-hydrogen) atoms. The Bertz CT molecular complexity index is 562. The number of benzene rings is 1. The second-order valence-corrected chi connectivity index (χ2v) is 5.42. The number of nitrogens with two attached hydrogens (primary N) is 1. The van der Waals surface area contributed by atoms with Gasteiger partial charge in [-0.15, -0.1) is 0 Å². The summed E-state index contributed by atoms with van der Waals surface area (Å²) in [4.78, 5) is 4.73. The SMILES string of the molecule is CCCc1nc2cc(N)ccc2n1CC(CC)CCO. The highest BCUT2D eigenvalue weighted by Gasteiger charge is 2.14. The molecule has 0 radical (unpaired) electrons. The van der Waals surface area contributed by atoms with Crippen LogP contribution in [-0.4, -0.2) is 21.3 Å². The molecule has 3 N–H and O–H groups in total. The fourth-order valence-electron chi connectivity index (χ4n) is 2.68. The Morgan fingerprint density at radius 2 is 2.15 bits per heavy atom. The summed E-state index contributed by atoms with van der Waals surface area (Å²) in [7, 11) is 0. The van der Waals surface area contributed by atoms with Gasteiger partial charge in [0.05, 0.1) is 11.0 Å². The van der Waals surface area contributed by atoms with E-state index < -0.39 is 0 Å². The first kappa shape index (κ1) is 14.9. The molecule has 1 atom stereocenters. The van der Waals surface area contributed by atoms with E-state index in [1.54, 1.807) is 0 Å². The lowest BCUT2D eigenvalue weighted by Crippen LogP contribution is -2.14. The van der Waals surface area contributed by atoms with Crippen molar-refractivity contribution in [1.29, 1.82) is 0 Å². The number of nitrogens with zero attached hydrogens (tertiary/aromatic N) is 2. The Morgan fingerprint density at radius 3 is 2.80 bits per heavy atom. The van der Waals surface area contributed by atoms with Gasteiger partial charge in [-0.25, -0.2) is 4.98 Å². The molecule has 4 heteroatoms. The molecule has 2 rings (SSSR count). The molecule has 2 aromatic rings. The number of rotatable bonds is 7. The Morgan fingerprint density at radius 1 is 1.35 bits per heavy atom. The first-order valence-corrected chi connectivity index (χ1v) is 7.55. The van der Waals surface area contributed by atoms with Crippen molar-refractivity contribution in [2.24, 2.45) is 5.92 Å². The molecule has 1 aromatic carbocycles. The lowest BCUT2D eigenvalue weighted by atomic mass is 10.0. The second-order valence-electron chi connectivity index (χ2n) is 5.42. The van der Waals surface area contributed by atoms with Gasteiger partial charge in [0.25, 0.3) is 0 Å². The second kappa shape index (κ2) is 6.75. The minimum Gasteiger partial charge on any atom is -0.399 e. The number of hydrogen-bond acceptors (Lipinski definition) is 3. The molecule has 1 heterocycles. The van der Waals surface area contributed by atoms with Crippen LogP contribution in [0.5, 0.6) is 0 Å². The van der Waals surface area contributed by atoms with Crippen LogP contribution >= 0.6 is 0 Å². The number of hydrogen-bond donors (Lipinski definition) is 2. The smallest absolute Gasteiger partial charge is 0.109 e. The molecule has 0 fully saturated rings. The summed E-state index contributed by atoms with van der Waals surface area (Å²) >= 11 is 0. The van der Waals surface area contributed by atoms with Crippen molar-refractivity contribution in [1.82, 2.24) is 9.55 Å². The van der Waals surface area contributed by atoms with Crippen LogP contribution in [0.2, 0.25) is 0 Å². The van der Waals surface area contributed by atoms with Gasteiger partial charge in [-0.1, -0.05) is 20.3 Å². The first-order chi connectivity index (χ1) is 9.69. The van der Waals surface area contributed by atoms with Gasteiger partial charge in [0.1, 0.15) is 5.82 Å². The maximum Gasteiger partial charge on any atom is 0.109 e. The topological polar surface area (TPSA) is 64.1 Å². The molecule has 0 amide bonds. The van der Waals surface area contributed by atoms with Crippen molar-refractivity contribution < 1.29 is 5.11 Å². The molecular formula is C16H25N3O. The van der Waals surface area contributed by atoms with Gasteiger partial charge in [0, 0.05) is 25.3 Å². The zero-order chi connectivity index (χ0) is 14.5. The lowest BCUT2D eigenvalue weighted by Gasteiger charge is -2.17. The molecule has 0 spiro atoms. The Hall–Kier alpha value is -1.55. The molecule has 4 nitrogen and oxygen atoms in total. The van der Waals surface area contributed by atoms with Crippen molar-refractivity contribution >= 4 is 16.7 Å². The van der Waals surface area contributed by atoms with Crippen LogP contribution in [-0.2, 0) is 13.0 Å². The molecule has 0 aliphatic carbocycles. The molecule has 1 unspecified atom stereocenters. The van der Waals surface area contributed by atoms with E-state index in [1.807, 2.05) is 12.1 Å². The highest BCUT2D eigenvalue weighted by molar-refractivity contribution is 5.79. The maximum absolute atomic E-state index is 9.18. The average molecular weight is 275 g/mol. The number of aryl methyl sites for hydroxylation is 1. The highest BCUT2D eigenvalue weighted by Crippen LogP contribution is 2.23. The average Bonchev–Trinajstić information content (AvgIpc) is 2.75. The predicted octanol–water partition coefficient (Wildman–Crippen LogP) is 2.98. The normalized spacial score (nSPS) is 12.9. The molecule has 0 aliphatic heterocycles. The van der Waals surface area contributed by atoms with E-state index in [-0.39, 0.29) is 6.61 Å². The van der Waals surface area contributed by atoms with Crippen molar-refractivity contribution in [3.63, 3.8) is 0 Å². The van der Waals surface area contributed by atoms with E-state index >= 15 is 0 Å². The highest BCUT2D eigenvalue weighted by atomic mass is 16.3. The standard InChI is InChI=1S/C16H25N3O/c1-3-5-16-18-14-10-13(17)6-7-15(14)19(16)11-12(4-2)8-9-20/h6-7,10,12,20H,3-5,8-9,11,17H2,1-2H3. The Balaban J connectivity index is 2.39. The van der Waals surface area contributed by atoms with Crippen LogP contribution < -0.4 is 5.73 Å². The van der Waals surface area contributed by atoms with E-state index in [2.05, 4.69) is 24.5 Å². The first-order valence-electron chi connectivity index (χ1n) is 7.55. The molecule has 0 bridgehead atoms. The van der Waals surface area contributed by atoms with Crippen molar-refractivity contribution in [2.75, 3.05) is 12.3 Å². The van der Waals surface area contributed by atoms with E-state index in [0.717, 1.165) is 54.8 Å². The zero-order valence-corrected chi connectivity index (χ0v) is 12.5. The lowest BCUT2D eigenvalue weighted by molar-refractivity contribution is 0.243. The molecule has 0 saturated carbocycles. The molecule has 1 aromatic heterocycles. The number of fused-ring (bicyclic) bond motifs is 1. The monoisotopic (exact) mass is 275 g/mol. The number of aromatic nitrogens is 2. The van der Waals surface area contributed by atoms with Gasteiger partial charge >= 0.3 is 0 Å². The zero-order valence-electron chi connectivity index (χ0n) is 12.5. The van der Waals surface area contributed by atoms with Crippen LogP contribution in [0.4, 0.5) is 5.69 Å². The minimum absolute atomic E-state index is 0.251. The number of imidazole rings is 1. The fourth-order valence-corrected chi connectivity index (χ4v) is 2.68. The van der Waals surface area contributed by atoms with Crippen molar-refractivity contribution in [3.8, 4) is 0 Å². The predicted molar refractivity (Wildman–Crippen MR) is 83.6 cm³/mol. The molecule has 110 valence electrons. The van der Waals surface area contributed by atoms with E-state index in [1.165, 1.54) is 0 Å². The van der Waals surface area contributed by atoms with E-state index in [9.17, 15) is 5.11 Å². The Kier molecular flexibility index (Phi) is 5.01. The van der Waals surface area contributed by atoms with Gasteiger partial charge < -0.3 is 15.4 Å².